The molecule has 0 heterocycles. The largest absolute Gasteiger partial charge is 0.440 e. The van der Waals surface area contributed by atoms with Gasteiger partial charge >= 0.3 is 12.3 Å². The maximum Gasteiger partial charge on any atom is 0.422 e. The van der Waals surface area contributed by atoms with E-state index >= 15 is 0 Å². The van der Waals surface area contributed by atoms with E-state index in [2.05, 4.69) is 10.1 Å². The molecule has 0 radical (unpaired) electrons. The first-order valence-corrected chi connectivity index (χ1v) is 5.03. The zero-order valence-electron chi connectivity index (χ0n) is 9.42. The maximum absolute atomic E-state index is 12.9. The summed E-state index contributed by atoms with van der Waals surface area (Å²) in [6, 6.07) is 4.72. The quantitative estimate of drug-likeness (QED) is 0.852. The number of hydrogen-bond donors (Lipinski definition) is 1. The highest BCUT2D eigenvalue weighted by molar-refractivity contribution is 5.67. The third kappa shape index (κ3) is 5.03. The zero-order valence-corrected chi connectivity index (χ0v) is 9.42. The molecule has 7 heteroatoms. The number of rotatable bonds is 3. The Bertz CT molecular complexity index is 420. The van der Waals surface area contributed by atoms with Gasteiger partial charge in [-0.1, -0.05) is 12.1 Å². The smallest absolute Gasteiger partial charge is 0.422 e. The van der Waals surface area contributed by atoms with Gasteiger partial charge in [0.15, 0.2) is 6.61 Å². The van der Waals surface area contributed by atoms with E-state index in [9.17, 15) is 22.4 Å². The number of halogens is 4. The molecule has 1 aromatic rings. The fourth-order valence-corrected chi connectivity index (χ4v) is 1.23. The van der Waals surface area contributed by atoms with Crippen molar-refractivity contribution in [1.29, 1.82) is 0 Å². The van der Waals surface area contributed by atoms with Crippen LogP contribution in [0.4, 0.5) is 22.4 Å². The summed E-state index contributed by atoms with van der Waals surface area (Å²) in [6.45, 7) is -0.154. The monoisotopic (exact) mass is 265 g/mol. The van der Waals surface area contributed by atoms with Crippen LogP contribution in [0.1, 0.15) is 18.5 Å². The van der Waals surface area contributed by atoms with E-state index in [1.54, 1.807) is 0 Å². The van der Waals surface area contributed by atoms with Crippen molar-refractivity contribution in [3.05, 3.63) is 35.6 Å². The molecule has 0 bridgehead atoms. The van der Waals surface area contributed by atoms with Crippen molar-refractivity contribution in [2.24, 2.45) is 0 Å². The third-order valence-electron chi connectivity index (χ3n) is 2.05. The number of ether oxygens (including phenoxy) is 1. The van der Waals surface area contributed by atoms with Gasteiger partial charge in [-0.05, 0) is 24.6 Å². The highest BCUT2D eigenvalue weighted by Crippen LogP contribution is 2.16. The van der Waals surface area contributed by atoms with Crippen LogP contribution >= 0.6 is 0 Å². The van der Waals surface area contributed by atoms with Crippen LogP contribution in [0.3, 0.4) is 0 Å². The summed E-state index contributed by atoms with van der Waals surface area (Å²) in [7, 11) is 0. The Hall–Kier alpha value is -1.79. The van der Waals surface area contributed by atoms with Gasteiger partial charge in [0.25, 0.3) is 0 Å². The van der Waals surface area contributed by atoms with E-state index in [0.717, 1.165) is 0 Å². The lowest BCUT2D eigenvalue weighted by molar-refractivity contribution is -0.160. The number of alkyl carbamates (subject to hydrolysis) is 1. The van der Waals surface area contributed by atoms with Crippen LogP contribution in [-0.4, -0.2) is 18.9 Å². The first-order valence-electron chi connectivity index (χ1n) is 5.03. The van der Waals surface area contributed by atoms with Gasteiger partial charge in [-0.3, -0.25) is 0 Å². The molecule has 0 aliphatic heterocycles. The van der Waals surface area contributed by atoms with Crippen molar-refractivity contribution in [3.63, 3.8) is 0 Å². The summed E-state index contributed by atoms with van der Waals surface area (Å²) in [5, 5.41) is 2.17. The summed E-state index contributed by atoms with van der Waals surface area (Å²) >= 11 is 0. The predicted molar refractivity (Wildman–Crippen MR) is 55.4 cm³/mol. The summed E-state index contributed by atoms with van der Waals surface area (Å²) in [5.41, 5.74) is 0.430. The number of nitrogens with one attached hydrogen (secondary N) is 1. The van der Waals surface area contributed by atoms with Crippen LogP contribution in [0, 0.1) is 5.82 Å². The number of alkyl halides is 3. The summed E-state index contributed by atoms with van der Waals surface area (Å²) < 4.78 is 52.2. The Morgan fingerprint density at radius 1 is 1.44 bits per heavy atom. The Balaban J connectivity index is 2.50. The minimum absolute atomic E-state index is 0.430. The van der Waals surface area contributed by atoms with E-state index < -0.39 is 30.7 Å². The fraction of sp³-hybridized carbons (Fsp3) is 0.364. The molecule has 1 amide bonds. The molecule has 0 unspecified atom stereocenters. The minimum atomic E-state index is -4.57. The fourth-order valence-electron chi connectivity index (χ4n) is 1.23. The Morgan fingerprint density at radius 3 is 2.67 bits per heavy atom. The normalized spacial score (nSPS) is 12.9. The third-order valence-corrected chi connectivity index (χ3v) is 2.05. The lowest BCUT2D eigenvalue weighted by atomic mass is 10.1. The topological polar surface area (TPSA) is 38.3 Å². The first kappa shape index (κ1) is 14.3. The first-order chi connectivity index (χ1) is 8.28. The molecule has 0 aromatic heterocycles. The van der Waals surface area contributed by atoms with Crippen molar-refractivity contribution in [2.75, 3.05) is 6.61 Å². The Labute approximate surface area is 101 Å². The van der Waals surface area contributed by atoms with Gasteiger partial charge in [0.1, 0.15) is 5.82 Å². The molecule has 0 saturated carbocycles. The molecule has 3 nitrogen and oxygen atoms in total. The van der Waals surface area contributed by atoms with Gasteiger partial charge in [0.05, 0.1) is 6.04 Å². The van der Waals surface area contributed by atoms with E-state index in [4.69, 9.17) is 0 Å². The molecular formula is C11H11F4NO2. The molecule has 100 valence electrons. The SMILES string of the molecule is C[C@H](NC(=O)OCC(F)(F)F)c1cccc(F)c1. The number of hydrogen-bond acceptors (Lipinski definition) is 2. The van der Waals surface area contributed by atoms with Crippen molar-refractivity contribution >= 4 is 6.09 Å². The number of benzene rings is 1. The molecule has 1 rings (SSSR count). The second-order valence-corrected chi connectivity index (χ2v) is 3.61. The average Bonchev–Trinajstić information content (AvgIpc) is 2.25. The van der Waals surface area contributed by atoms with E-state index in [1.165, 1.54) is 31.2 Å². The number of carbonyl (C=O) groups is 1. The molecule has 0 aliphatic carbocycles. The molecule has 18 heavy (non-hydrogen) atoms. The van der Waals surface area contributed by atoms with Crippen LogP contribution in [0.25, 0.3) is 0 Å². The van der Waals surface area contributed by atoms with Crippen molar-refractivity contribution in [3.8, 4) is 0 Å². The second-order valence-electron chi connectivity index (χ2n) is 3.61. The predicted octanol–water partition coefficient (Wildman–Crippen LogP) is 3.18. The van der Waals surface area contributed by atoms with Gasteiger partial charge in [-0.2, -0.15) is 13.2 Å². The van der Waals surface area contributed by atoms with Gasteiger partial charge in [0.2, 0.25) is 0 Å². The van der Waals surface area contributed by atoms with E-state index in [-0.39, 0.29) is 0 Å². The van der Waals surface area contributed by atoms with E-state index in [0.29, 0.717) is 5.56 Å². The molecular weight excluding hydrogens is 254 g/mol. The second kappa shape index (κ2) is 5.70. The molecule has 1 N–H and O–H groups in total. The summed E-state index contributed by atoms with van der Waals surface area (Å²) in [6.07, 6.45) is -5.77. The minimum Gasteiger partial charge on any atom is -0.440 e. The maximum atomic E-state index is 12.9. The van der Waals surface area contributed by atoms with Crippen LogP contribution < -0.4 is 5.32 Å². The van der Waals surface area contributed by atoms with Gasteiger partial charge in [-0.15, -0.1) is 0 Å². The summed E-state index contributed by atoms with van der Waals surface area (Å²) in [5.74, 6) is -0.496. The van der Waals surface area contributed by atoms with Crippen LogP contribution in [-0.2, 0) is 4.74 Å². The van der Waals surface area contributed by atoms with Gasteiger partial charge in [-0.25, -0.2) is 9.18 Å². The van der Waals surface area contributed by atoms with Crippen molar-refractivity contribution in [1.82, 2.24) is 5.32 Å². The molecule has 0 fully saturated rings. The lowest BCUT2D eigenvalue weighted by Crippen LogP contribution is -2.30. The highest BCUT2D eigenvalue weighted by atomic mass is 19.4. The standard InChI is InChI=1S/C11H11F4NO2/c1-7(8-3-2-4-9(12)5-8)16-10(17)18-6-11(13,14)15/h2-5,7H,6H2,1H3,(H,16,17)/t7-/m0/s1. The molecule has 0 aliphatic rings. The summed E-state index contributed by atoms with van der Waals surface area (Å²) in [4.78, 5) is 11.0. The van der Waals surface area contributed by atoms with E-state index in [1.807, 2.05) is 0 Å². The van der Waals surface area contributed by atoms with Gasteiger partial charge < -0.3 is 10.1 Å². The van der Waals surface area contributed by atoms with Crippen molar-refractivity contribution < 1.29 is 27.1 Å². The molecule has 0 saturated heterocycles. The molecule has 0 spiro atoms. The van der Waals surface area contributed by atoms with Crippen LogP contribution in [0.15, 0.2) is 24.3 Å². The lowest BCUT2D eigenvalue weighted by Gasteiger charge is -2.15. The number of carbonyl (C=O) groups excluding carboxylic acids is 1. The Kier molecular flexibility index (Phi) is 4.52. The van der Waals surface area contributed by atoms with Crippen molar-refractivity contribution in [2.45, 2.75) is 19.1 Å². The number of amides is 1. The molecule has 1 aromatic carbocycles. The highest BCUT2D eigenvalue weighted by Gasteiger charge is 2.29. The zero-order chi connectivity index (χ0) is 13.8. The van der Waals surface area contributed by atoms with Crippen LogP contribution in [0.2, 0.25) is 0 Å². The Morgan fingerprint density at radius 2 is 2.11 bits per heavy atom. The molecule has 1 atom stereocenters. The van der Waals surface area contributed by atoms with Gasteiger partial charge in [0, 0.05) is 0 Å². The van der Waals surface area contributed by atoms with Crippen LogP contribution in [0.5, 0.6) is 0 Å². The average molecular weight is 265 g/mol.